The van der Waals surface area contributed by atoms with Crippen LogP contribution in [0.2, 0.25) is 0 Å². The Kier molecular flexibility index (Phi) is 4.60. The molecule has 1 aromatic heterocycles. The predicted octanol–water partition coefficient (Wildman–Crippen LogP) is 2.93. The van der Waals surface area contributed by atoms with Gasteiger partial charge in [0, 0.05) is 12.4 Å². The minimum atomic E-state index is -0.254. The molecule has 0 atom stereocenters. The number of rotatable bonds is 4. The van der Waals surface area contributed by atoms with Crippen LogP contribution in [0.1, 0.15) is 34.8 Å². The Hall–Kier alpha value is -2.49. The van der Waals surface area contributed by atoms with Gasteiger partial charge in [0.15, 0.2) is 0 Å². The second kappa shape index (κ2) is 6.61. The number of aryl methyl sites for hydroxylation is 1. The molecule has 1 N–H and O–H groups in total. The quantitative estimate of drug-likeness (QED) is 0.684. The van der Waals surface area contributed by atoms with Crippen molar-refractivity contribution < 1.29 is 4.79 Å². The molecule has 4 heteroatoms. The molecule has 0 aliphatic rings. The molecular formula is C16H17N3O. The van der Waals surface area contributed by atoms with E-state index in [1.165, 1.54) is 11.8 Å². The molecule has 0 aliphatic heterocycles. The highest BCUT2D eigenvalue weighted by Crippen LogP contribution is 2.07. The summed E-state index contributed by atoms with van der Waals surface area (Å²) in [6.45, 7) is 4.05. The molecule has 0 saturated heterocycles. The van der Waals surface area contributed by atoms with Crippen molar-refractivity contribution in [2.45, 2.75) is 20.3 Å². The third-order valence-corrected chi connectivity index (χ3v) is 2.94. The lowest BCUT2D eigenvalue weighted by Gasteiger charge is -2.05. The molecule has 2 rings (SSSR count). The van der Waals surface area contributed by atoms with Gasteiger partial charge in [0.05, 0.1) is 11.3 Å². The predicted molar refractivity (Wildman–Crippen MR) is 79.7 cm³/mol. The molecule has 1 amide bonds. The summed E-state index contributed by atoms with van der Waals surface area (Å²) in [5, 5.41) is 4.21. The van der Waals surface area contributed by atoms with Crippen LogP contribution in [0.3, 0.4) is 0 Å². The van der Waals surface area contributed by atoms with Crippen molar-refractivity contribution in [3.8, 4) is 0 Å². The van der Waals surface area contributed by atoms with Gasteiger partial charge >= 0.3 is 0 Å². The number of hydrazone groups is 1. The summed E-state index contributed by atoms with van der Waals surface area (Å²) in [5.74, 6) is -0.254. The van der Waals surface area contributed by atoms with Crippen LogP contribution < -0.4 is 5.43 Å². The Balaban J connectivity index is 2.12. The van der Waals surface area contributed by atoms with Gasteiger partial charge in [-0.05, 0) is 31.0 Å². The molecule has 0 unspecified atom stereocenters. The molecule has 4 nitrogen and oxygen atoms in total. The molecule has 2 aromatic rings. The first-order chi connectivity index (χ1) is 9.70. The summed E-state index contributed by atoms with van der Waals surface area (Å²) in [4.78, 5) is 15.8. The van der Waals surface area contributed by atoms with Gasteiger partial charge in [-0.25, -0.2) is 5.43 Å². The van der Waals surface area contributed by atoms with Gasteiger partial charge in [0.1, 0.15) is 0 Å². The molecular weight excluding hydrogens is 250 g/mol. The largest absolute Gasteiger partial charge is 0.272 e. The molecule has 0 spiro atoms. The average Bonchev–Trinajstić information content (AvgIpc) is 2.50. The number of hydrogen-bond acceptors (Lipinski definition) is 3. The van der Waals surface area contributed by atoms with Crippen LogP contribution in [0.25, 0.3) is 0 Å². The summed E-state index contributed by atoms with van der Waals surface area (Å²) >= 11 is 0. The SMILES string of the molecule is CCC(=NNC(=O)c1cccnc1)c1ccc(C)cc1. The number of carbonyl (C=O) groups excluding carboxylic acids is 1. The van der Waals surface area contributed by atoms with E-state index in [9.17, 15) is 4.79 Å². The Morgan fingerprint density at radius 3 is 2.55 bits per heavy atom. The zero-order chi connectivity index (χ0) is 14.4. The van der Waals surface area contributed by atoms with E-state index in [1.54, 1.807) is 18.3 Å². The van der Waals surface area contributed by atoms with Gasteiger partial charge in [0.2, 0.25) is 0 Å². The summed E-state index contributed by atoms with van der Waals surface area (Å²) in [6, 6.07) is 11.5. The second-order valence-corrected chi connectivity index (χ2v) is 4.46. The van der Waals surface area contributed by atoms with Crippen LogP contribution in [0.5, 0.6) is 0 Å². The zero-order valence-electron chi connectivity index (χ0n) is 11.6. The zero-order valence-corrected chi connectivity index (χ0v) is 11.6. The highest BCUT2D eigenvalue weighted by atomic mass is 16.2. The highest BCUT2D eigenvalue weighted by molar-refractivity contribution is 6.02. The molecule has 0 radical (unpaired) electrons. The number of amides is 1. The van der Waals surface area contributed by atoms with Gasteiger partial charge in [-0.15, -0.1) is 0 Å². The third kappa shape index (κ3) is 3.51. The second-order valence-electron chi connectivity index (χ2n) is 4.46. The third-order valence-electron chi connectivity index (χ3n) is 2.94. The number of hydrogen-bond donors (Lipinski definition) is 1. The number of nitrogens with one attached hydrogen (secondary N) is 1. The van der Waals surface area contributed by atoms with Crippen molar-refractivity contribution in [1.82, 2.24) is 10.4 Å². The van der Waals surface area contributed by atoms with Crippen LogP contribution in [-0.2, 0) is 0 Å². The number of benzene rings is 1. The fourth-order valence-electron chi connectivity index (χ4n) is 1.77. The highest BCUT2D eigenvalue weighted by Gasteiger charge is 2.05. The number of carbonyl (C=O) groups is 1. The van der Waals surface area contributed by atoms with Crippen LogP contribution >= 0.6 is 0 Å². The maximum atomic E-state index is 11.9. The number of nitrogens with zero attached hydrogens (tertiary/aromatic N) is 2. The van der Waals surface area contributed by atoms with Gasteiger partial charge in [0.25, 0.3) is 5.91 Å². The van der Waals surface area contributed by atoms with E-state index in [2.05, 4.69) is 15.5 Å². The normalized spacial score (nSPS) is 11.2. The van der Waals surface area contributed by atoms with Gasteiger partial charge in [-0.1, -0.05) is 36.8 Å². The Morgan fingerprint density at radius 2 is 1.95 bits per heavy atom. The Bertz CT molecular complexity index is 603. The van der Waals surface area contributed by atoms with Crippen molar-refractivity contribution in [3.63, 3.8) is 0 Å². The monoisotopic (exact) mass is 267 g/mol. The first kappa shape index (κ1) is 13.9. The van der Waals surface area contributed by atoms with E-state index in [4.69, 9.17) is 0 Å². The lowest BCUT2D eigenvalue weighted by molar-refractivity contribution is 0.0954. The van der Waals surface area contributed by atoms with Gasteiger partial charge < -0.3 is 0 Å². The number of pyridine rings is 1. The first-order valence-corrected chi connectivity index (χ1v) is 6.54. The fourth-order valence-corrected chi connectivity index (χ4v) is 1.77. The number of aromatic nitrogens is 1. The summed E-state index contributed by atoms with van der Waals surface area (Å²) in [5.41, 5.74) is 6.13. The molecule has 0 saturated carbocycles. The lowest BCUT2D eigenvalue weighted by atomic mass is 10.1. The van der Waals surface area contributed by atoms with Crippen molar-refractivity contribution in [3.05, 3.63) is 65.5 Å². The molecule has 20 heavy (non-hydrogen) atoms. The minimum Gasteiger partial charge on any atom is -0.267 e. The van der Waals surface area contributed by atoms with E-state index >= 15 is 0 Å². The van der Waals surface area contributed by atoms with Crippen LogP contribution in [0.4, 0.5) is 0 Å². The molecule has 102 valence electrons. The fraction of sp³-hybridized carbons (Fsp3) is 0.188. The maximum Gasteiger partial charge on any atom is 0.272 e. The van der Waals surface area contributed by atoms with Crippen molar-refractivity contribution in [2.75, 3.05) is 0 Å². The Morgan fingerprint density at radius 1 is 1.20 bits per heavy atom. The summed E-state index contributed by atoms with van der Waals surface area (Å²) < 4.78 is 0. The standard InChI is InChI=1S/C16H17N3O/c1-3-15(13-8-6-12(2)7-9-13)18-19-16(20)14-5-4-10-17-11-14/h4-11H,3H2,1-2H3,(H,19,20). The maximum absolute atomic E-state index is 11.9. The van der Waals surface area contributed by atoms with E-state index in [-0.39, 0.29) is 5.91 Å². The van der Waals surface area contributed by atoms with E-state index in [1.807, 2.05) is 38.1 Å². The molecule has 1 aromatic carbocycles. The molecule has 0 fully saturated rings. The lowest BCUT2D eigenvalue weighted by Crippen LogP contribution is -2.20. The van der Waals surface area contributed by atoms with Crippen LogP contribution in [-0.4, -0.2) is 16.6 Å². The van der Waals surface area contributed by atoms with Crippen molar-refractivity contribution >= 4 is 11.6 Å². The molecule has 1 heterocycles. The van der Waals surface area contributed by atoms with Crippen molar-refractivity contribution in [1.29, 1.82) is 0 Å². The van der Waals surface area contributed by atoms with E-state index in [0.29, 0.717) is 5.56 Å². The van der Waals surface area contributed by atoms with Crippen LogP contribution in [0, 0.1) is 6.92 Å². The summed E-state index contributed by atoms with van der Waals surface area (Å²) in [7, 11) is 0. The topological polar surface area (TPSA) is 54.4 Å². The smallest absolute Gasteiger partial charge is 0.267 e. The molecule has 0 bridgehead atoms. The van der Waals surface area contributed by atoms with Gasteiger partial charge in [-0.2, -0.15) is 5.10 Å². The van der Waals surface area contributed by atoms with E-state index in [0.717, 1.165) is 17.7 Å². The van der Waals surface area contributed by atoms with Gasteiger partial charge in [-0.3, -0.25) is 9.78 Å². The Labute approximate surface area is 118 Å². The average molecular weight is 267 g/mol. The van der Waals surface area contributed by atoms with Crippen molar-refractivity contribution in [2.24, 2.45) is 5.10 Å². The molecule has 0 aliphatic carbocycles. The van der Waals surface area contributed by atoms with E-state index < -0.39 is 0 Å². The van der Waals surface area contributed by atoms with Crippen LogP contribution in [0.15, 0.2) is 53.9 Å². The summed E-state index contributed by atoms with van der Waals surface area (Å²) in [6.07, 6.45) is 3.89. The minimum absolute atomic E-state index is 0.254. The first-order valence-electron chi connectivity index (χ1n) is 6.54.